The largest absolute Gasteiger partial charge is 0.393 e. The van der Waals surface area contributed by atoms with Gasteiger partial charge in [0.15, 0.2) is 0 Å². The van der Waals surface area contributed by atoms with E-state index >= 15 is 0 Å². The number of urea groups is 1. The molecular formula is C19H29N3O2. The summed E-state index contributed by atoms with van der Waals surface area (Å²) in [7, 11) is 0. The van der Waals surface area contributed by atoms with Crippen molar-refractivity contribution >= 4 is 11.7 Å². The van der Waals surface area contributed by atoms with Gasteiger partial charge in [-0.25, -0.2) is 4.79 Å². The highest BCUT2D eigenvalue weighted by atomic mass is 16.3. The normalized spacial score (nSPS) is 24.3. The smallest absolute Gasteiger partial charge is 0.314 e. The van der Waals surface area contributed by atoms with Gasteiger partial charge in [-0.15, -0.1) is 0 Å². The number of nitrogens with zero attached hydrogens (tertiary/aromatic N) is 1. The van der Waals surface area contributed by atoms with Gasteiger partial charge in [-0.2, -0.15) is 0 Å². The molecule has 1 aromatic carbocycles. The summed E-state index contributed by atoms with van der Waals surface area (Å²) >= 11 is 0. The molecule has 5 heteroatoms. The maximum absolute atomic E-state index is 12.0. The number of hydrogen-bond donors (Lipinski definition) is 3. The van der Waals surface area contributed by atoms with Crippen LogP contribution in [0.4, 0.5) is 10.5 Å². The lowest BCUT2D eigenvalue weighted by Gasteiger charge is -2.28. The van der Waals surface area contributed by atoms with Crippen molar-refractivity contribution in [3.63, 3.8) is 0 Å². The van der Waals surface area contributed by atoms with Crippen molar-refractivity contribution in [1.29, 1.82) is 0 Å². The summed E-state index contributed by atoms with van der Waals surface area (Å²) in [6.07, 6.45) is 4.75. The Morgan fingerprint density at radius 1 is 1.33 bits per heavy atom. The number of anilines is 1. The third-order valence-electron chi connectivity index (χ3n) is 5.32. The van der Waals surface area contributed by atoms with E-state index < -0.39 is 0 Å². The predicted octanol–water partition coefficient (Wildman–Crippen LogP) is 2.29. The average molecular weight is 331 g/mol. The highest BCUT2D eigenvalue weighted by molar-refractivity contribution is 5.74. The van der Waals surface area contributed by atoms with Crippen LogP contribution in [0, 0.1) is 5.92 Å². The number of carbonyl (C=O) groups is 1. The number of hydrogen-bond acceptors (Lipinski definition) is 3. The Morgan fingerprint density at radius 2 is 2.17 bits per heavy atom. The minimum atomic E-state index is -0.191. The zero-order valence-electron chi connectivity index (χ0n) is 14.5. The van der Waals surface area contributed by atoms with E-state index in [1.807, 2.05) is 0 Å². The molecule has 1 aliphatic carbocycles. The van der Waals surface area contributed by atoms with Crippen LogP contribution in [0.15, 0.2) is 24.3 Å². The van der Waals surface area contributed by atoms with Gasteiger partial charge in [-0.3, -0.25) is 0 Å². The molecule has 0 spiro atoms. The van der Waals surface area contributed by atoms with Gasteiger partial charge in [0, 0.05) is 31.4 Å². The molecule has 2 aliphatic rings. The Labute approximate surface area is 144 Å². The summed E-state index contributed by atoms with van der Waals surface area (Å²) < 4.78 is 0. The number of para-hydroxylation sites is 1. The molecule has 24 heavy (non-hydrogen) atoms. The predicted molar refractivity (Wildman–Crippen MR) is 96.3 cm³/mol. The van der Waals surface area contributed by atoms with Crippen molar-refractivity contribution in [2.75, 3.05) is 24.5 Å². The molecule has 1 aliphatic heterocycles. The Balaban J connectivity index is 1.40. The van der Waals surface area contributed by atoms with Gasteiger partial charge in [-0.05, 0) is 50.2 Å². The molecule has 0 saturated heterocycles. The molecule has 0 radical (unpaired) electrons. The van der Waals surface area contributed by atoms with E-state index in [0.29, 0.717) is 19.0 Å². The van der Waals surface area contributed by atoms with E-state index in [0.717, 1.165) is 38.6 Å². The highest BCUT2D eigenvalue weighted by Crippen LogP contribution is 2.28. The zero-order valence-corrected chi connectivity index (χ0v) is 14.5. The van der Waals surface area contributed by atoms with Crippen LogP contribution in [-0.2, 0) is 6.42 Å². The fourth-order valence-electron chi connectivity index (χ4n) is 3.92. The van der Waals surface area contributed by atoms with Gasteiger partial charge in [0.25, 0.3) is 0 Å². The summed E-state index contributed by atoms with van der Waals surface area (Å²) in [5.41, 5.74) is 2.69. The van der Waals surface area contributed by atoms with Crippen LogP contribution in [-0.4, -0.2) is 42.9 Å². The number of carbonyl (C=O) groups excluding carboxylic acids is 1. The van der Waals surface area contributed by atoms with Crippen molar-refractivity contribution in [2.24, 2.45) is 5.92 Å². The molecule has 1 saturated carbocycles. The summed E-state index contributed by atoms with van der Waals surface area (Å²) in [6, 6.07) is 8.67. The first-order valence-electron chi connectivity index (χ1n) is 9.18. The minimum Gasteiger partial charge on any atom is -0.393 e. The quantitative estimate of drug-likeness (QED) is 0.776. The molecule has 3 rings (SSSR count). The second kappa shape index (κ2) is 7.88. The van der Waals surface area contributed by atoms with Crippen molar-refractivity contribution < 1.29 is 9.90 Å². The van der Waals surface area contributed by atoms with Gasteiger partial charge in [0.05, 0.1) is 6.10 Å². The van der Waals surface area contributed by atoms with E-state index in [9.17, 15) is 9.90 Å². The zero-order chi connectivity index (χ0) is 16.9. The molecule has 0 aromatic heterocycles. The third kappa shape index (κ3) is 4.20. The van der Waals surface area contributed by atoms with Crippen molar-refractivity contribution in [1.82, 2.24) is 10.6 Å². The number of nitrogens with one attached hydrogen (secondary N) is 2. The Bertz CT molecular complexity index is 563. The number of amides is 2. The van der Waals surface area contributed by atoms with Gasteiger partial charge in [0.2, 0.25) is 0 Å². The Hall–Kier alpha value is -1.75. The molecule has 3 atom stereocenters. The molecule has 132 valence electrons. The average Bonchev–Trinajstić information content (AvgIpc) is 3.02. The first-order chi connectivity index (χ1) is 11.6. The van der Waals surface area contributed by atoms with E-state index in [2.05, 4.69) is 46.7 Å². The number of rotatable bonds is 5. The van der Waals surface area contributed by atoms with E-state index in [1.165, 1.54) is 11.3 Å². The van der Waals surface area contributed by atoms with Crippen LogP contribution < -0.4 is 15.5 Å². The first-order valence-corrected chi connectivity index (χ1v) is 9.18. The summed E-state index contributed by atoms with van der Waals surface area (Å²) in [5, 5.41) is 15.6. The molecular weight excluding hydrogens is 302 g/mol. The molecule has 1 aromatic rings. The molecule has 0 bridgehead atoms. The summed E-state index contributed by atoms with van der Waals surface area (Å²) in [5.74, 6) is 0.405. The van der Waals surface area contributed by atoms with Gasteiger partial charge in [0.1, 0.15) is 0 Å². The van der Waals surface area contributed by atoms with Crippen LogP contribution in [0.2, 0.25) is 0 Å². The number of benzene rings is 1. The number of fused-ring (bicyclic) bond motifs is 1. The van der Waals surface area contributed by atoms with Crippen LogP contribution in [0.25, 0.3) is 0 Å². The van der Waals surface area contributed by atoms with E-state index in [1.54, 1.807) is 0 Å². The second-order valence-electron chi connectivity index (χ2n) is 7.20. The van der Waals surface area contributed by atoms with Crippen molar-refractivity contribution in [3.8, 4) is 0 Å². The first kappa shape index (κ1) is 17.1. The maximum atomic E-state index is 12.0. The summed E-state index contributed by atoms with van der Waals surface area (Å²) in [6.45, 7) is 4.46. The maximum Gasteiger partial charge on any atom is 0.314 e. The Kier molecular flexibility index (Phi) is 5.61. The topological polar surface area (TPSA) is 64.6 Å². The van der Waals surface area contributed by atoms with E-state index in [-0.39, 0.29) is 18.2 Å². The van der Waals surface area contributed by atoms with Crippen molar-refractivity contribution in [2.45, 2.75) is 51.2 Å². The summed E-state index contributed by atoms with van der Waals surface area (Å²) in [4.78, 5) is 14.4. The third-order valence-corrected chi connectivity index (χ3v) is 5.32. The van der Waals surface area contributed by atoms with Crippen LogP contribution >= 0.6 is 0 Å². The lowest BCUT2D eigenvalue weighted by molar-refractivity contribution is 0.101. The standard InChI is InChI=1S/C19H29N3O2/c1-14(22-10-9-16-6-2-3-8-18(16)22)12-20-19(24)21-13-15-5-4-7-17(23)11-15/h2-3,6,8,14-15,17,23H,4-5,7,9-13H2,1H3,(H2,20,21,24). The van der Waals surface area contributed by atoms with E-state index in [4.69, 9.17) is 0 Å². The minimum absolute atomic E-state index is 0.102. The lowest BCUT2D eigenvalue weighted by atomic mass is 9.87. The van der Waals surface area contributed by atoms with Gasteiger partial charge >= 0.3 is 6.03 Å². The Morgan fingerprint density at radius 3 is 3.00 bits per heavy atom. The fourth-order valence-corrected chi connectivity index (χ4v) is 3.92. The SMILES string of the molecule is CC(CNC(=O)NCC1CCCC(O)C1)N1CCc2ccccc21. The lowest BCUT2D eigenvalue weighted by Crippen LogP contribution is -2.46. The van der Waals surface area contributed by atoms with Gasteiger partial charge < -0.3 is 20.6 Å². The van der Waals surface area contributed by atoms with Crippen LogP contribution in [0.5, 0.6) is 0 Å². The fraction of sp³-hybridized carbons (Fsp3) is 0.632. The molecule has 1 heterocycles. The highest BCUT2D eigenvalue weighted by Gasteiger charge is 2.23. The molecule has 5 nitrogen and oxygen atoms in total. The monoisotopic (exact) mass is 331 g/mol. The molecule has 2 amide bonds. The molecule has 3 N–H and O–H groups in total. The number of aliphatic hydroxyl groups is 1. The van der Waals surface area contributed by atoms with Crippen LogP contribution in [0.3, 0.4) is 0 Å². The van der Waals surface area contributed by atoms with Gasteiger partial charge in [-0.1, -0.05) is 24.6 Å². The molecule has 3 unspecified atom stereocenters. The molecule has 1 fully saturated rings. The van der Waals surface area contributed by atoms with Crippen LogP contribution in [0.1, 0.15) is 38.2 Å². The van der Waals surface area contributed by atoms with Crippen molar-refractivity contribution in [3.05, 3.63) is 29.8 Å². The number of aliphatic hydroxyl groups excluding tert-OH is 1. The second-order valence-corrected chi connectivity index (χ2v) is 7.20.